The van der Waals surface area contributed by atoms with E-state index in [2.05, 4.69) is 10.1 Å². The Morgan fingerprint density at radius 3 is 2.93 bits per heavy atom. The summed E-state index contributed by atoms with van der Waals surface area (Å²) in [7, 11) is 0. The van der Waals surface area contributed by atoms with Crippen molar-refractivity contribution < 1.29 is 14.3 Å². The summed E-state index contributed by atoms with van der Waals surface area (Å²) in [4.78, 5) is 14.2. The fourth-order valence-electron chi connectivity index (χ4n) is 0.989. The van der Waals surface area contributed by atoms with E-state index < -0.39 is 5.97 Å². The zero-order valence-corrected chi connectivity index (χ0v) is 7.34. The van der Waals surface area contributed by atoms with Gasteiger partial charge in [0.25, 0.3) is 0 Å². The number of aromatic carboxylic acids is 1. The smallest absolute Gasteiger partial charge is 0.357 e. The highest BCUT2D eigenvalue weighted by molar-refractivity contribution is 5.84. The molecule has 0 unspecified atom stereocenters. The van der Waals surface area contributed by atoms with Crippen molar-refractivity contribution in [3.8, 4) is 6.01 Å². The SMILES string of the molecule is Cc1ccn(-c2nc(C(=O)O)co2)n1. The van der Waals surface area contributed by atoms with Crippen molar-refractivity contribution in [1.29, 1.82) is 0 Å². The van der Waals surface area contributed by atoms with Gasteiger partial charge in [0.1, 0.15) is 6.26 Å². The molecule has 1 N–H and O–H groups in total. The standard InChI is InChI=1S/C8H7N3O3/c1-5-2-3-11(10-5)8-9-6(4-14-8)7(12)13/h2-4H,1H3,(H,12,13). The molecule has 0 bridgehead atoms. The zero-order chi connectivity index (χ0) is 10.1. The molecule has 0 aromatic carbocycles. The summed E-state index contributed by atoms with van der Waals surface area (Å²) in [6.07, 6.45) is 2.72. The Hall–Kier alpha value is -2.11. The zero-order valence-electron chi connectivity index (χ0n) is 7.34. The van der Waals surface area contributed by atoms with Crippen molar-refractivity contribution in [2.24, 2.45) is 0 Å². The molecule has 6 heteroatoms. The lowest BCUT2D eigenvalue weighted by Gasteiger charge is -1.90. The first-order valence-corrected chi connectivity index (χ1v) is 3.88. The van der Waals surface area contributed by atoms with E-state index in [-0.39, 0.29) is 11.7 Å². The van der Waals surface area contributed by atoms with Crippen molar-refractivity contribution in [3.05, 3.63) is 29.9 Å². The third-order valence-corrected chi connectivity index (χ3v) is 1.63. The molecule has 2 heterocycles. The lowest BCUT2D eigenvalue weighted by Crippen LogP contribution is -1.99. The molecule has 2 aromatic rings. The van der Waals surface area contributed by atoms with Crippen LogP contribution in [0, 0.1) is 6.92 Å². The monoisotopic (exact) mass is 193 g/mol. The summed E-state index contributed by atoms with van der Waals surface area (Å²) in [5.41, 5.74) is 0.674. The van der Waals surface area contributed by atoms with Gasteiger partial charge in [-0.2, -0.15) is 14.8 Å². The quantitative estimate of drug-likeness (QED) is 0.765. The fraction of sp³-hybridized carbons (Fsp3) is 0.125. The van der Waals surface area contributed by atoms with Crippen LogP contribution < -0.4 is 0 Å². The molecule has 14 heavy (non-hydrogen) atoms. The predicted molar refractivity (Wildman–Crippen MR) is 45.3 cm³/mol. The Labute approximate surface area is 78.8 Å². The molecule has 0 aliphatic carbocycles. The Kier molecular flexibility index (Phi) is 1.81. The highest BCUT2D eigenvalue weighted by Gasteiger charge is 2.11. The molecule has 0 fully saturated rings. The van der Waals surface area contributed by atoms with Gasteiger partial charge in [0.15, 0.2) is 5.69 Å². The van der Waals surface area contributed by atoms with Crippen molar-refractivity contribution in [3.63, 3.8) is 0 Å². The minimum Gasteiger partial charge on any atom is -0.476 e. The number of hydrogen-bond donors (Lipinski definition) is 1. The van der Waals surface area contributed by atoms with E-state index in [9.17, 15) is 4.79 Å². The Morgan fingerprint density at radius 1 is 1.64 bits per heavy atom. The lowest BCUT2D eigenvalue weighted by molar-refractivity contribution is 0.0690. The van der Waals surface area contributed by atoms with Crippen LogP contribution in [-0.2, 0) is 0 Å². The van der Waals surface area contributed by atoms with Crippen molar-refractivity contribution in [1.82, 2.24) is 14.8 Å². The van der Waals surface area contributed by atoms with Crippen LogP contribution in [0.2, 0.25) is 0 Å². The first kappa shape index (κ1) is 8.49. The Morgan fingerprint density at radius 2 is 2.43 bits per heavy atom. The number of carbonyl (C=O) groups is 1. The summed E-state index contributed by atoms with van der Waals surface area (Å²) in [6.45, 7) is 1.82. The van der Waals surface area contributed by atoms with Crippen LogP contribution in [0.4, 0.5) is 0 Å². The summed E-state index contributed by atoms with van der Waals surface area (Å²) in [6, 6.07) is 1.92. The number of nitrogens with zero attached hydrogens (tertiary/aromatic N) is 3. The lowest BCUT2D eigenvalue weighted by atomic mass is 10.5. The topological polar surface area (TPSA) is 81.2 Å². The molecule has 0 aliphatic rings. The number of rotatable bonds is 2. The van der Waals surface area contributed by atoms with Gasteiger partial charge in [0, 0.05) is 6.20 Å². The Bertz CT molecular complexity index is 472. The molecule has 6 nitrogen and oxygen atoms in total. The van der Waals surface area contributed by atoms with Crippen molar-refractivity contribution >= 4 is 5.97 Å². The van der Waals surface area contributed by atoms with Crippen LogP contribution in [0.5, 0.6) is 0 Å². The first-order chi connectivity index (χ1) is 6.66. The van der Waals surface area contributed by atoms with Crippen LogP contribution in [0.1, 0.15) is 16.2 Å². The van der Waals surface area contributed by atoms with E-state index in [0.29, 0.717) is 0 Å². The molecule has 2 rings (SSSR count). The third kappa shape index (κ3) is 1.37. The van der Waals surface area contributed by atoms with E-state index in [0.717, 1.165) is 12.0 Å². The minimum absolute atomic E-state index is 0.131. The van der Waals surface area contributed by atoms with Crippen LogP contribution in [0.3, 0.4) is 0 Å². The number of aromatic nitrogens is 3. The van der Waals surface area contributed by atoms with E-state index in [1.807, 2.05) is 6.92 Å². The number of aryl methyl sites for hydroxylation is 1. The maximum absolute atomic E-state index is 10.5. The molecular formula is C8H7N3O3. The number of carboxylic acids is 1. The van der Waals surface area contributed by atoms with Crippen LogP contribution in [-0.4, -0.2) is 25.8 Å². The van der Waals surface area contributed by atoms with Crippen LogP contribution in [0.15, 0.2) is 22.9 Å². The van der Waals surface area contributed by atoms with Crippen molar-refractivity contribution in [2.75, 3.05) is 0 Å². The normalized spacial score (nSPS) is 10.4. The highest BCUT2D eigenvalue weighted by atomic mass is 16.4. The van der Waals surface area contributed by atoms with Gasteiger partial charge in [-0.15, -0.1) is 0 Å². The molecule has 2 aromatic heterocycles. The van der Waals surface area contributed by atoms with Gasteiger partial charge in [-0.05, 0) is 13.0 Å². The van der Waals surface area contributed by atoms with Gasteiger partial charge in [-0.3, -0.25) is 0 Å². The molecular weight excluding hydrogens is 186 g/mol. The molecule has 0 aliphatic heterocycles. The average Bonchev–Trinajstić information content (AvgIpc) is 2.70. The summed E-state index contributed by atoms with van der Waals surface area (Å²) >= 11 is 0. The van der Waals surface area contributed by atoms with E-state index in [1.54, 1.807) is 12.3 Å². The van der Waals surface area contributed by atoms with Gasteiger partial charge < -0.3 is 9.52 Å². The van der Waals surface area contributed by atoms with E-state index in [4.69, 9.17) is 9.52 Å². The van der Waals surface area contributed by atoms with Crippen LogP contribution >= 0.6 is 0 Å². The first-order valence-electron chi connectivity index (χ1n) is 3.88. The van der Waals surface area contributed by atoms with Gasteiger partial charge in [0.05, 0.1) is 5.69 Å². The molecule has 0 saturated heterocycles. The number of carboxylic acid groups (broad SMARTS) is 1. The molecule has 0 atom stereocenters. The molecule has 0 radical (unpaired) electrons. The van der Waals surface area contributed by atoms with Crippen molar-refractivity contribution in [2.45, 2.75) is 6.92 Å². The number of hydrogen-bond acceptors (Lipinski definition) is 4. The van der Waals surface area contributed by atoms with Crippen LogP contribution in [0.25, 0.3) is 6.01 Å². The minimum atomic E-state index is -1.12. The average molecular weight is 193 g/mol. The summed E-state index contributed by atoms with van der Waals surface area (Å²) < 4.78 is 6.31. The second-order valence-corrected chi connectivity index (χ2v) is 2.72. The summed E-state index contributed by atoms with van der Waals surface area (Å²) in [5.74, 6) is -1.12. The number of oxazole rings is 1. The summed E-state index contributed by atoms with van der Waals surface area (Å²) in [5, 5.41) is 12.6. The second-order valence-electron chi connectivity index (χ2n) is 2.72. The molecule has 72 valence electrons. The third-order valence-electron chi connectivity index (χ3n) is 1.63. The van der Waals surface area contributed by atoms with E-state index >= 15 is 0 Å². The maximum atomic E-state index is 10.5. The molecule has 0 spiro atoms. The largest absolute Gasteiger partial charge is 0.476 e. The maximum Gasteiger partial charge on any atom is 0.357 e. The van der Waals surface area contributed by atoms with Gasteiger partial charge >= 0.3 is 12.0 Å². The van der Waals surface area contributed by atoms with E-state index in [1.165, 1.54) is 4.68 Å². The van der Waals surface area contributed by atoms with Gasteiger partial charge in [-0.1, -0.05) is 0 Å². The fourth-order valence-corrected chi connectivity index (χ4v) is 0.989. The predicted octanol–water partition coefficient (Wildman–Crippen LogP) is 0.867. The van der Waals surface area contributed by atoms with Gasteiger partial charge in [0.2, 0.25) is 0 Å². The highest BCUT2D eigenvalue weighted by Crippen LogP contribution is 2.07. The Balaban J connectivity index is 2.38. The molecule has 0 amide bonds. The molecule has 0 saturated carbocycles. The second kappa shape index (κ2) is 2.99. The van der Waals surface area contributed by atoms with Gasteiger partial charge in [-0.25, -0.2) is 4.79 Å².